The van der Waals surface area contributed by atoms with Gasteiger partial charge in [0, 0.05) is 11.5 Å². The van der Waals surface area contributed by atoms with Crippen molar-refractivity contribution in [2.75, 3.05) is 0 Å². The molecule has 1 heteroatoms. The molecule has 1 nitrogen and oxygen atoms in total. The van der Waals surface area contributed by atoms with Gasteiger partial charge in [-0.2, -0.15) is 0 Å². The van der Waals surface area contributed by atoms with Crippen LogP contribution in [0.2, 0.25) is 0 Å². The van der Waals surface area contributed by atoms with E-state index >= 15 is 0 Å². The number of hydrogen-bond donors (Lipinski definition) is 1. The second kappa shape index (κ2) is 2.81. The first-order valence-electron chi connectivity index (χ1n) is 4.69. The molecule has 0 aliphatic heterocycles. The maximum absolute atomic E-state index is 3.32. The summed E-state index contributed by atoms with van der Waals surface area (Å²) in [6, 6.07) is 0. The smallest absolute Gasteiger partial charge is 0.0415 e. The second-order valence-corrected chi connectivity index (χ2v) is 3.58. The van der Waals surface area contributed by atoms with Gasteiger partial charge < -0.3 is 4.98 Å². The summed E-state index contributed by atoms with van der Waals surface area (Å²) >= 11 is 0. The Morgan fingerprint density at radius 3 is 3.17 bits per heavy atom. The topological polar surface area (TPSA) is 15.8 Å². The third kappa shape index (κ3) is 1.09. The first-order chi connectivity index (χ1) is 5.81. The van der Waals surface area contributed by atoms with Crippen LogP contribution in [0.1, 0.15) is 25.8 Å². The molecule has 0 spiro atoms. The van der Waals surface area contributed by atoms with Crippen molar-refractivity contribution in [2.45, 2.75) is 26.7 Å². The number of H-pyrrole nitrogens is 1. The first-order valence-corrected chi connectivity index (χ1v) is 4.69. The molecule has 64 valence electrons. The second-order valence-electron chi connectivity index (χ2n) is 3.58. The zero-order valence-corrected chi connectivity index (χ0v) is 7.72. The molecule has 0 saturated heterocycles. The van der Waals surface area contributed by atoms with Gasteiger partial charge in [0.25, 0.3) is 0 Å². The minimum Gasteiger partial charge on any atom is -0.361 e. The van der Waals surface area contributed by atoms with Crippen molar-refractivity contribution in [3.8, 4) is 0 Å². The van der Waals surface area contributed by atoms with Crippen LogP contribution in [0.25, 0.3) is 12.2 Å². The van der Waals surface area contributed by atoms with Crippen molar-refractivity contribution in [3.63, 3.8) is 0 Å². The number of nitrogens with one attached hydrogen (secondary N) is 1. The summed E-state index contributed by atoms with van der Waals surface area (Å²) in [6.07, 6.45) is 9.14. The molecular formula is C11H15N. The summed E-state index contributed by atoms with van der Waals surface area (Å²) in [4.78, 5) is 3.32. The lowest BCUT2D eigenvalue weighted by Crippen LogP contribution is -2.28. The molecule has 0 fully saturated rings. The Morgan fingerprint density at radius 1 is 1.58 bits per heavy atom. The maximum Gasteiger partial charge on any atom is 0.0415 e. The highest BCUT2D eigenvalue weighted by atomic mass is 14.7. The Bertz CT molecular complexity index is 384. The van der Waals surface area contributed by atoms with Gasteiger partial charge in [0.15, 0.2) is 0 Å². The van der Waals surface area contributed by atoms with Crippen LogP contribution < -0.4 is 10.6 Å². The molecule has 1 aliphatic rings. The Balaban J connectivity index is 2.66. The molecule has 1 aromatic heterocycles. The molecule has 1 heterocycles. The molecule has 0 bridgehead atoms. The monoisotopic (exact) mass is 161 g/mol. The molecule has 0 aromatic carbocycles. The molecule has 12 heavy (non-hydrogen) atoms. The quantitative estimate of drug-likeness (QED) is 0.636. The average molecular weight is 161 g/mol. The molecule has 1 N–H and O–H groups in total. The number of aromatic amines is 1. The highest BCUT2D eigenvalue weighted by molar-refractivity contribution is 5.40. The van der Waals surface area contributed by atoms with Crippen LogP contribution in [0.15, 0.2) is 6.20 Å². The van der Waals surface area contributed by atoms with Gasteiger partial charge in [0.2, 0.25) is 0 Å². The fourth-order valence-corrected chi connectivity index (χ4v) is 1.82. The zero-order valence-electron chi connectivity index (χ0n) is 7.72. The van der Waals surface area contributed by atoms with Gasteiger partial charge in [-0.05, 0) is 29.5 Å². The van der Waals surface area contributed by atoms with E-state index in [1.54, 1.807) is 0 Å². The molecule has 1 aliphatic carbocycles. The fourth-order valence-electron chi connectivity index (χ4n) is 1.82. The van der Waals surface area contributed by atoms with Crippen molar-refractivity contribution in [1.29, 1.82) is 0 Å². The van der Waals surface area contributed by atoms with E-state index in [1.165, 1.54) is 22.6 Å². The summed E-state index contributed by atoms with van der Waals surface area (Å²) in [5, 5.41) is 2.77. The molecular weight excluding hydrogens is 146 g/mol. The Morgan fingerprint density at radius 2 is 2.42 bits per heavy atom. The first kappa shape index (κ1) is 7.66. The van der Waals surface area contributed by atoms with Crippen molar-refractivity contribution in [3.05, 3.63) is 22.3 Å². The molecule has 1 unspecified atom stereocenters. The molecule has 1 atom stereocenters. The molecule has 1 aromatic rings. The van der Waals surface area contributed by atoms with Crippen molar-refractivity contribution >= 4 is 12.2 Å². The van der Waals surface area contributed by atoms with Crippen LogP contribution in [0, 0.1) is 5.92 Å². The summed E-state index contributed by atoms with van der Waals surface area (Å²) in [5.74, 6) is 0.695. The SMILES string of the molecule is CCc1c[nH]c2c1=CCC(C)C=2. The minimum absolute atomic E-state index is 0.695. The summed E-state index contributed by atoms with van der Waals surface area (Å²) < 4.78 is 0. The van der Waals surface area contributed by atoms with Gasteiger partial charge in [0.05, 0.1) is 0 Å². The van der Waals surface area contributed by atoms with Gasteiger partial charge in [-0.3, -0.25) is 0 Å². The van der Waals surface area contributed by atoms with Crippen LogP contribution >= 0.6 is 0 Å². The van der Waals surface area contributed by atoms with E-state index in [0.29, 0.717) is 5.92 Å². The van der Waals surface area contributed by atoms with E-state index in [4.69, 9.17) is 0 Å². The number of aromatic nitrogens is 1. The lowest BCUT2D eigenvalue weighted by Gasteiger charge is -2.04. The molecule has 0 radical (unpaired) electrons. The van der Waals surface area contributed by atoms with Crippen LogP contribution in [-0.4, -0.2) is 4.98 Å². The lowest BCUT2D eigenvalue weighted by atomic mass is 10.0. The fraction of sp³-hybridized carbons (Fsp3) is 0.455. The van der Waals surface area contributed by atoms with Crippen molar-refractivity contribution < 1.29 is 0 Å². The number of aryl methyl sites for hydroxylation is 1. The van der Waals surface area contributed by atoms with E-state index in [9.17, 15) is 0 Å². The molecule has 0 saturated carbocycles. The summed E-state index contributed by atoms with van der Waals surface area (Å²) in [6.45, 7) is 4.46. The van der Waals surface area contributed by atoms with Crippen molar-refractivity contribution in [2.24, 2.45) is 5.92 Å². The minimum atomic E-state index is 0.695. The maximum atomic E-state index is 3.32. The number of rotatable bonds is 1. The van der Waals surface area contributed by atoms with Crippen LogP contribution in [0.5, 0.6) is 0 Å². The Hall–Kier alpha value is -0.980. The van der Waals surface area contributed by atoms with E-state index in [1.807, 2.05) is 0 Å². The van der Waals surface area contributed by atoms with Gasteiger partial charge in [-0.1, -0.05) is 26.0 Å². The molecule has 2 rings (SSSR count). The largest absolute Gasteiger partial charge is 0.361 e. The van der Waals surface area contributed by atoms with E-state index in [2.05, 4.69) is 37.2 Å². The third-order valence-corrected chi connectivity index (χ3v) is 2.56. The van der Waals surface area contributed by atoms with Gasteiger partial charge in [-0.25, -0.2) is 0 Å². The lowest BCUT2D eigenvalue weighted by molar-refractivity contribution is 0.796. The summed E-state index contributed by atoms with van der Waals surface area (Å²) in [5.41, 5.74) is 1.45. The van der Waals surface area contributed by atoms with E-state index in [-0.39, 0.29) is 0 Å². The van der Waals surface area contributed by atoms with Crippen LogP contribution in [-0.2, 0) is 6.42 Å². The average Bonchev–Trinajstić information content (AvgIpc) is 2.46. The van der Waals surface area contributed by atoms with Gasteiger partial charge in [-0.15, -0.1) is 0 Å². The predicted molar refractivity (Wildman–Crippen MR) is 52.1 cm³/mol. The highest BCUT2D eigenvalue weighted by Crippen LogP contribution is 2.06. The van der Waals surface area contributed by atoms with Crippen LogP contribution in [0.4, 0.5) is 0 Å². The summed E-state index contributed by atoms with van der Waals surface area (Å²) in [7, 11) is 0. The van der Waals surface area contributed by atoms with Crippen LogP contribution in [0.3, 0.4) is 0 Å². The predicted octanol–water partition coefficient (Wildman–Crippen LogP) is 1.18. The Labute approximate surface area is 72.8 Å². The zero-order chi connectivity index (χ0) is 8.55. The van der Waals surface area contributed by atoms with Gasteiger partial charge >= 0.3 is 0 Å². The van der Waals surface area contributed by atoms with E-state index in [0.717, 1.165) is 6.42 Å². The van der Waals surface area contributed by atoms with Gasteiger partial charge in [0.1, 0.15) is 0 Å². The Kier molecular flexibility index (Phi) is 1.80. The van der Waals surface area contributed by atoms with Crippen molar-refractivity contribution in [1.82, 2.24) is 4.98 Å². The number of fused-ring (bicyclic) bond motifs is 1. The van der Waals surface area contributed by atoms with E-state index < -0.39 is 0 Å². The standard InChI is InChI=1S/C11H15N/c1-3-9-7-12-11-6-8(2)4-5-10(9)11/h5-8,12H,3-4H2,1-2H3. The highest BCUT2D eigenvalue weighted by Gasteiger charge is 2.04. The number of hydrogen-bond acceptors (Lipinski definition) is 0. The molecule has 0 amide bonds. The normalized spacial score (nSPS) is 21.0. The third-order valence-electron chi connectivity index (χ3n) is 2.56.